The SMILES string of the molecule is C=C(C)Cn1cc(CO[C@H]2CC(=O)[C@@H]3OC[C@H]2O3)nn1. The molecule has 0 radical (unpaired) electrons. The van der Waals surface area contributed by atoms with Crippen molar-refractivity contribution in [3.05, 3.63) is 24.0 Å². The fourth-order valence-corrected chi connectivity index (χ4v) is 2.33. The number of aromatic nitrogens is 3. The van der Waals surface area contributed by atoms with Crippen molar-refractivity contribution >= 4 is 5.78 Å². The second-order valence-electron chi connectivity index (χ2n) is 5.22. The van der Waals surface area contributed by atoms with Crippen LogP contribution in [-0.2, 0) is 32.2 Å². The number of carbonyl (C=O) groups is 1. The quantitative estimate of drug-likeness (QED) is 0.729. The van der Waals surface area contributed by atoms with E-state index in [0.29, 0.717) is 26.2 Å². The van der Waals surface area contributed by atoms with Gasteiger partial charge in [0.2, 0.25) is 6.29 Å². The van der Waals surface area contributed by atoms with Crippen molar-refractivity contribution in [1.29, 1.82) is 0 Å². The third-order valence-electron chi connectivity index (χ3n) is 3.25. The van der Waals surface area contributed by atoms with Crippen LogP contribution < -0.4 is 0 Å². The molecule has 7 heteroatoms. The predicted molar refractivity (Wildman–Crippen MR) is 67.7 cm³/mol. The molecule has 7 nitrogen and oxygen atoms in total. The van der Waals surface area contributed by atoms with E-state index in [-0.39, 0.29) is 18.0 Å². The van der Waals surface area contributed by atoms with E-state index in [0.717, 1.165) is 11.3 Å². The topological polar surface area (TPSA) is 75.5 Å². The number of Topliss-reactive ketones (excluding diaryl/α,β-unsaturated/α-hetero) is 1. The van der Waals surface area contributed by atoms with E-state index in [1.165, 1.54) is 0 Å². The monoisotopic (exact) mass is 279 g/mol. The molecule has 2 bridgehead atoms. The number of hydrogen-bond donors (Lipinski definition) is 0. The van der Waals surface area contributed by atoms with Crippen LogP contribution in [0, 0.1) is 0 Å². The van der Waals surface area contributed by atoms with E-state index in [2.05, 4.69) is 16.9 Å². The number of nitrogens with zero attached hydrogens (tertiary/aromatic N) is 3. The van der Waals surface area contributed by atoms with Gasteiger partial charge in [-0.1, -0.05) is 17.4 Å². The summed E-state index contributed by atoms with van der Waals surface area (Å²) in [6.45, 7) is 7.10. The second kappa shape index (κ2) is 5.43. The molecule has 2 aliphatic heterocycles. The van der Waals surface area contributed by atoms with Crippen LogP contribution in [0.4, 0.5) is 0 Å². The van der Waals surface area contributed by atoms with Crippen molar-refractivity contribution in [2.45, 2.75) is 45.0 Å². The van der Waals surface area contributed by atoms with E-state index < -0.39 is 6.29 Å². The highest BCUT2D eigenvalue weighted by Crippen LogP contribution is 2.27. The van der Waals surface area contributed by atoms with E-state index in [4.69, 9.17) is 14.2 Å². The maximum atomic E-state index is 11.6. The van der Waals surface area contributed by atoms with E-state index in [9.17, 15) is 4.79 Å². The molecule has 1 aromatic heterocycles. The molecule has 1 aromatic rings. The Bertz CT molecular complexity index is 527. The molecule has 2 saturated heterocycles. The maximum absolute atomic E-state index is 11.6. The van der Waals surface area contributed by atoms with Crippen molar-refractivity contribution in [3.63, 3.8) is 0 Å². The van der Waals surface area contributed by atoms with Crippen LogP contribution in [0.5, 0.6) is 0 Å². The minimum absolute atomic E-state index is 0.0605. The first kappa shape index (κ1) is 13.4. The molecule has 0 saturated carbocycles. The van der Waals surface area contributed by atoms with Gasteiger partial charge >= 0.3 is 0 Å². The number of rotatable bonds is 5. The molecule has 3 atom stereocenters. The van der Waals surface area contributed by atoms with Gasteiger partial charge in [0.15, 0.2) is 5.78 Å². The van der Waals surface area contributed by atoms with Gasteiger partial charge in [-0.15, -0.1) is 5.10 Å². The Morgan fingerprint density at radius 3 is 3.30 bits per heavy atom. The van der Waals surface area contributed by atoms with Gasteiger partial charge < -0.3 is 14.2 Å². The number of fused-ring (bicyclic) bond motifs is 2. The van der Waals surface area contributed by atoms with Gasteiger partial charge in [0.1, 0.15) is 11.8 Å². The van der Waals surface area contributed by atoms with Crippen LogP contribution in [0.1, 0.15) is 19.0 Å². The minimum Gasteiger partial charge on any atom is -0.369 e. The summed E-state index contributed by atoms with van der Waals surface area (Å²) in [6, 6.07) is 0. The second-order valence-corrected chi connectivity index (χ2v) is 5.22. The normalized spacial score (nSPS) is 28.9. The number of ketones is 1. The smallest absolute Gasteiger partial charge is 0.218 e. The summed E-state index contributed by atoms with van der Waals surface area (Å²) in [5, 5.41) is 8.01. The van der Waals surface area contributed by atoms with Gasteiger partial charge in [-0.2, -0.15) is 0 Å². The van der Waals surface area contributed by atoms with Gasteiger partial charge in [-0.3, -0.25) is 4.79 Å². The zero-order chi connectivity index (χ0) is 14.1. The average Bonchev–Trinajstić information content (AvgIpc) is 3.00. The summed E-state index contributed by atoms with van der Waals surface area (Å²) in [5.41, 5.74) is 1.72. The van der Waals surface area contributed by atoms with Crippen LogP contribution in [0.25, 0.3) is 0 Å². The lowest BCUT2D eigenvalue weighted by molar-refractivity contribution is -0.168. The van der Waals surface area contributed by atoms with Crippen LogP contribution >= 0.6 is 0 Å². The van der Waals surface area contributed by atoms with Gasteiger partial charge in [0.25, 0.3) is 0 Å². The van der Waals surface area contributed by atoms with E-state index in [1.807, 2.05) is 13.1 Å². The lowest BCUT2D eigenvalue weighted by Crippen LogP contribution is -2.40. The molecule has 2 aliphatic rings. The Hall–Kier alpha value is -1.57. The van der Waals surface area contributed by atoms with Crippen LogP contribution in [0.2, 0.25) is 0 Å². The Labute approximate surface area is 116 Å². The first-order valence-electron chi connectivity index (χ1n) is 6.56. The van der Waals surface area contributed by atoms with Gasteiger partial charge in [0, 0.05) is 6.42 Å². The zero-order valence-corrected chi connectivity index (χ0v) is 11.3. The summed E-state index contributed by atoms with van der Waals surface area (Å²) < 4.78 is 18.1. The molecule has 2 fully saturated rings. The van der Waals surface area contributed by atoms with Gasteiger partial charge in [-0.05, 0) is 6.92 Å². The summed E-state index contributed by atoms with van der Waals surface area (Å²) in [7, 11) is 0. The fourth-order valence-electron chi connectivity index (χ4n) is 2.33. The molecular formula is C13H17N3O4. The molecule has 0 aromatic carbocycles. The van der Waals surface area contributed by atoms with Crippen molar-refractivity contribution in [3.8, 4) is 0 Å². The summed E-state index contributed by atoms with van der Waals surface area (Å²) >= 11 is 0. The lowest BCUT2D eigenvalue weighted by atomic mass is 10.1. The minimum atomic E-state index is -0.684. The van der Waals surface area contributed by atoms with E-state index >= 15 is 0 Å². The average molecular weight is 279 g/mol. The predicted octanol–water partition coefficient (Wildman–Crippen LogP) is 0.454. The van der Waals surface area contributed by atoms with Crippen molar-refractivity contribution in [1.82, 2.24) is 15.0 Å². The van der Waals surface area contributed by atoms with Crippen LogP contribution in [0.3, 0.4) is 0 Å². The van der Waals surface area contributed by atoms with Crippen LogP contribution in [0.15, 0.2) is 18.3 Å². The summed E-state index contributed by atoms with van der Waals surface area (Å²) in [4.78, 5) is 11.6. The molecular weight excluding hydrogens is 262 g/mol. The molecule has 0 spiro atoms. The largest absolute Gasteiger partial charge is 0.369 e. The highest BCUT2D eigenvalue weighted by molar-refractivity contribution is 5.83. The first-order chi connectivity index (χ1) is 9.61. The molecule has 0 amide bonds. The maximum Gasteiger partial charge on any atom is 0.218 e. The Kier molecular flexibility index (Phi) is 3.64. The molecule has 20 heavy (non-hydrogen) atoms. The fraction of sp³-hybridized carbons (Fsp3) is 0.615. The highest BCUT2D eigenvalue weighted by Gasteiger charge is 2.43. The molecule has 0 unspecified atom stereocenters. The molecule has 3 heterocycles. The number of allylic oxidation sites excluding steroid dienone is 1. The Balaban J connectivity index is 1.55. The molecule has 0 aliphatic carbocycles. The Morgan fingerprint density at radius 2 is 2.50 bits per heavy atom. The van der Waals surface area contributed by atoms with Crippen molar-refractivity contribution < 1.29 is 19.0 Å². The van der Waals surface area contributed by atoms with Crippen LogP contribution in [-0.4, -0.2) is 45.9 Å². The van der Waals surface area contributed by atoms with Gasteiger partial charge in [0.05, 0.1) is 32.1 Å². The Morgan fingerprint density at radius 1 is 1.65 bits per heavy atom. The molecule has 0 N–H and O–H groups in total. The lowest BCUT2D eigenvalue weighted by Gasteiger charge is -2.25. The first-order valence-corrected chi connectivity index (χ1v) is 6.56. The number of hydrogen-bond acceptors (Lipinski definition) is 6. The van der Waals surface area contributed by atoms with E-state index in [1.54, 1.807) is 4.68 Å². The van der Waals surface area contributed by atoms with Gasteiger partial charge in [-0.25, -0.2) is 4.68 Å². The highest BCUT2D eigenvalue weighted by atomic mass is 16.7. The molecule has 108 valence electrons. The number of ether oxygens (including phenoxy) is 3. The zero-order valence-electron chi connectivity index (χ0n) is 11.3. The third kappa shape index (κ3) is 2.79. The summed E-state index contributed by atoms with van der Waals surface area (Å²) in [5.74, 6) is -0.0605. The van der Waals surface area contributed by atoms with Crippen molar-refractivity contribution in [2.75, 3.05) is 6.61 Å². The third-order valence-corrected chi connectivity index (χ3v) is 3.25. The summed E-state index contributed by atoms with van der Waals surface area (Å²) in [6.07, 6.45) is 1.02. The van der Waals surface area contributed by atoms with Crippen molar-refractivity contribution in [2.24, 2.45) is 0 Å². The standard InChI is InChI=1S/C13H17N3O4/c1-8(2)4-16-5-9(14-15-16)6-18-11-3-10(17)13-19-7-12(11)20-13/h5,11-13H,1,3-4,6-7H2,2H3/t11-,12+,13+/m0/s1. The number of carbonyl (C=O) groups excluding carboxylic acids is 1. The molecule has 3 rings (SSSR count).